The molecule has 2 N–H and O–H groups in total. The van der Waals surface area contributed by atoms with Gasteiger partial charge in [0.1, 0.15) is 6.54 Å². The lowest BCUT2D eigenvalue weighted by Gasteiger charge is -2.11. The second-order valence-electron chi connectivity index (χ2n) is 7.48. The number of hydrogen-bond acceptors (Lipinski definition) is 5. The molecule has 9 heteroatoms. The summed E-state index contributed by atoms with van der Waals surface area (Å²) >= 11 is 5.38. The Labute approximate surface area is 191 Å². The summed E-state index contributed by atoms with van der Waals surface area (Å²) in [5.41, 5.74) is 3.81. The number of H-pyrrole nitrogens is 1. The topological polar surface area (TPSA) is 89.8 Å². The normalized spacial score (nSPS) is 11.2. The van der Waals surface area contributed by atoms with Gasteiger partial charge < -0.3 is 9.30 Å². The summed E-state index contributed by atoms with van der Waals surface area (Å²) < 4.78 is 9.57. The molecule has 1 amide bonds. The zero-order valence-corrected chi connectivity index (χ0v) is 19.0. The molecule has 2 aromatic carbocycles. The van der Waals surface area contributed by atoms with Gasteiger partial charge in [0.05, 0.1) is 11.0 Å². The van der Waals surface area contributed by atoms with Crippen molar-refractivity contribution in [3.63, 3.8) is 0 Å². The molecule has 0 saturated carbocycles. The Morgan fingerprint density at radius 1 is 1.19 bits per heavy atom. The highest BCUT2D eigenvalue weighted by molar-refractivity contribution is 7.71. The van der Waals surface area contributed by atoms with E-state index in [2.05, 4.69) is 20.5 Å². The number of rotatable bonds is 9. The van der Waals surface area contributed by atoms with Crippen LogP contribution in [0.2, 0.25) is 0 Å². The largest absolute Gasteiger partial charge is 0.382 e. The van der Waals surface area contributed by atoms with E-state index in [1.807, 2.05) is 66.9 Å². The van der Waals surface area contributed by atoms with Crippen LogP contribution in [0, 0.1) is 11.7 Å². The molecule has 0 spiro atoms. The quantitative estimate of drug-likeness (QED) is 0.293. The van der Waals surface area contributed by atoms with E-state index in [0.29, 0.717) is 36.3 Å². The molecule has 0 bridgehead atoms. The molecule has 8 nitrogen and oxygen atoms in total. The molecule has 4 aromatic rings. The van der Waals surface area contributed by atoms with Crippen LogP contribution in [0.3, 0.4) is 0 Å². The summed E-state index contributed by atoms with van der Waals surface area (Å²) in [4.78, 5) is 17.6. The van der Waals surface area contributed by atoms with Gasteiger partial charge in [-0.25, -0.2) is 4.98 Å². The Morgan fingerprint density at radius 2 is 2.03 bits per heavy atom. The van der Waals surface area contributed by atoms with Crippen molar-refractivity contribution in [1.82, 2.24) is 24.3 Å². The average Bonchev–Trinajstić information content (AvgIpc) is 3.31. The second kappa shape index (κ2) is 9.88. The average molecular weight is 451 g/mol. The molecular formula is C23H26N6O2S. The minimum atomic E-state index is -0.224. The van der Waals surface area contributed by atoms with E-state index in [1.165, 1.54) is 0 Å². The highest BCUT2D eigenvalue weighted by atomic mass is 32.1. The molecule has 0 saturated heterocycles. The molecule has 166 valence electrons. The molecule has 0 radical (unpaired) electrons. The van der Waals surface area contributed by atoms with Gasteiger partial charge in [-0.05, 0) is 50.7 Å². The number of nitrogens with one attached hydrogen (secondary N) is 2. The van der Waals surface area contributed by atoms with Crippen LogP contribution in [-0.2, 0) is 22.6 Å². The summed E-state index contributed by atoms with van der Waals surface area (Å²) in [5.74, 6) is 0.914. The number of aromatic nitrogens is 5. The van der Waals surface area contributed by atoms with Gasteiger partial charge in [-0.1, -0.05) is 35.9 Å². The number of nitrogens with zero attached hydrogens (tertiary/aromatic N) is 4. The molecule has 2 aromatic heterocycles. The number of anilines is 1. The van der Waals surface area contributed by atoms with E-state index in [-0.39, 0.29) is 12.5 Å². The Hall–Kier alpha value is -3.30. The Kier molecular flexibility index (Phi) is 6.77. The molecule has 0 aliphatic heterocycles. The third-order valence-corrected chi connectivity index (χ3v) is 5.43. The second-order valence-corrected chi connectivity index (χ2v) is 7.87. The van der Waals surface area contributed by atoms with Crippen LogP contribution in [-0.4, -0.2) is 43.4 Å². The first kappa shape index (κ1) is 21.9. The van der Waals surface area contributed by atoms with Gasteiger partial charge in [0.2, 0.25) is 11.9 Å². The highest BCUT2D eigenvalue weighted by Crippen LogP contribution is 2.21. The number of fused-ring (bicyclic) bond motifs is 1. The molecule has 4 rings (SSSR count). The number of aryl methyl sites for hydroxylation is 2. The minimum Gasteiger partial charge on any atom is -0.382 e. The molecule has 0 aliphatic rings. The molecular weight excluding hydrogens is 424 g/mol. The molecule has 0 atom stereocenters. The third kappa shape index (κ3) is 4.79. The number of aromatic amines is 1. The van der Waals surface area contributed by atoms with Crippen LogP contribution in [0.5, 0.6) is 0 Å². The van der Waals surface area contributed by atoms with E-state index in [4.69, 9.17) is 17.0 Å². The minimum absolute atomic E-state index is 0.0285. The summed E-state index contributed by atoms with van der Waals surface area (Å²) in [7, 11) is 0. The first-order valence-electron chi connectivity index (χ1n) is 10.6. The lowest BCUT2D eigenvalue weighted by molar-refractivity contribution is -0.116. The van der Waals surface area contributed by atoms with Crippen LogP contribution >= 0.6 is 12.2 Å². The van der Waals surface area contributed by atoms with Gasteiger partial charge in [-0.2, -0.15) is 5.10 Å². The zero-order valence-electron chi connectivity index (χ0n) is 18.2. The summed E-state index contributed by atoms with van der Waals surface area (Å²) in [5, 5.41) is 10.1. The number of carbonyl (C=O) groups is 1. The van der Waals surface area contributed by atoms with Gasteiger partial charge in [0.15, 0.2) is 10.6 Å². The number of carbonyl (C=O) groups excluding carboxylic acids is 1. The highest BCUT2D eigenvalue weighted by Gasteiger charge is 2.16. The van der Waals surface area contributed by atoms with Crippen LogP contribution < -0.4 is 5.32 Å². The fourth-order valence-corrected chi connectivity index (χ4v) is 3.84. The van der Waals surface area contributed by atoms with Gasteiger partial charge in [0.25, 0.3) is 0 Å². The van der Waals surface area contributed by atoms with E-state index in [9.17, 15) is 4.79 Å². The predicted molar refractivity (Wildman–Crippen MR) is 127 cm³/mol. The monoisotopic (exact) mass is 450 g/mol. The lowest BCUT2D eigenvalue weighted by atomic mass is 10.1. The van der Waals surface area contributed by atoms with E-state index in [0.717, 1.165) is 28.6 Å². The Balaban J connectivity index is 1.56. The number of hydrogen-bond donors (Lipinski definition) is 2. The first-order valence-corrected chi connectivity index (χ1v) is 11.0. The summed E-state index contributed by atoms with van der Waals surface area (Å²) in [6.07, 6.45) is 0.821. The van der Waals surface area contributed by atoms with Crippen molar-refractivity contribution < 1.29 is 9.53 Å². The Bertz CT molecular complexity index is 1290. The van der Waals surface area contributed by atoms with Crippen LogP contribution in [0.15, 0.2) is 48.5 Å². The van der Waals surface area contributed by atoms with Crippen LogP contribution in [0.4, 0.5) is 5.95 Å². The molecule has 2 heterocycles. The van der Waals surface area contributed by atoms with Gasteiger partial charge in [-0.15, -0.1) is 0 Å². The van der Waals surface area contributed by atoms with E-state index < -0.39 is 0 Å². The predicted octanol–water partition coefficient (Wildman–Crippen LogP) is 4.33. The molecule has 32 heavy (non-hydrogen) atoms. The molecule has 0 unspecified atom stereocenters. The van der Waals surface area contributed by atoms with Crippen molar-refractivity contribution in [2.45, 2.75) is 33.4 Å². The third-order valence-electron chi connectivity index (χ3n) is 5.12. The number of benzene rings is 2. The van der Waals surface area contributed by atoms with Crippen LogP contribution in [0.25, 0.3) is 22.4 Å². The van der Waals surface area contributed by atoms with Crippen molar-refractivity contribution in [2.24, 2.45) is 0 Å². The standard InChI is InChI=1S/C23H26N6O2S/c1-3-31-13-7-12-28-19-11-5-4-10-18(19)24-22(28)25-20(30)15-29-21(26-27-23(29)32)17-9-6-8-16(2)14-17/h4-6,8-11,14H,3,7,12-13,15H2,1-2H3,(H,27,32)(H,24,25,30). The lowest BCUT2D eigenvalue weighted by Crippen LogP contribution is -2.22. The SMILES string of the molecule is CCOCCCn1c(NC(=O)Cn2c(-c3cccc(C)c3)n[nH]c2=S)nc2ccccc21. The van der Waals surface area contributed by atoms with Crippen molar-refractivity contribution >= 4 is 35.1 Å². The fraction of sp³-hybridized carbons (Fsp3) is 0.304. The van der Waals surface area contributed by atoms with Crippen LogP contribution in [0.1, 0.15) is 18.9 Å². The summed E-state index contributed by atoms with van der Waals surface area (Å²) in [6.45, 7) is 6.04. The maximum absolute atomic E-state index is 13.0. The summed E-state index contributed by atoms with van der Waals surface area (Å²) in [6, 6.07) is 15.8. The van der Waals surface area contributed by atoms with Gasteiger partial charge in [0, 0.05) is 25.3 Å². The number of amides is 1. The number of ether oxygens (including phenoxy) is 1. The van der Waals surface area contributed by atoms with Crippen molar-refractivity contribution in [1.29, 1.82) is 0 Å². The molecule has 0 fully saturated rings. The van der Waals surface area contributed by atoms with Crippen molar-refractivity contribution in [3.8, 4) is 11.4 Å². The molecule has 0 aliphatic carbocycles. The van der Waals surface area contributed by atoms with Crippen molar-refractivity contribution in [2.75, 3.05) is 18.5 Å². The number of imidazole rings is 1. The van der Waals surface area contributed by atoms with Gasteiger partial charge >= 0.3 is 0 Å². The maximum Gasteiger partial charge on any atom is 0.246 e. The first-order chi connectivity index (χ1) is 15.6. The van der Waals surface area contributed by atoms with E-state index >= 15 is 0 Å². The Morgan fingerprint density at radius 3 is 2.84 bits per heavy atom. The smallest absolute Gasteiger partial charge is 0.246 e. The van der Waals surface area contributed by atoms with Gasteiger partial charge in [-0.3, -0.25) is 19.8 Å². The maximum atomic E-state index is 13.0. The number of para-hydroxylation sites is 2. The zero-order chi connectivity index (χ0) is 22.5. The fourth-order valence-electron chi connectivity index (χ4n) is 3.64. The van der Waals surface area contributed by atoms with E-state index in [1.54, 1.807) is 4.57 Å². The van der Waals surface area contributed by atoms with Crippen molar-refractivity contribution in [3.05, 3.63) is 58.9 Å².